The maximum atomic E-state index is 13.6. The minimum absolute atomic E-state index is 0.0645. The fourth-order valence-corrected chi connectivity index (χ4v) is 20.4. The van der Waals surface area contributed by atoms with Crippen molar-refractivity contribution < 1.29 is 79.9 Å². The Morgan fingerprint density at radius 2 is 0.615 bits per heavy atom. The molecule has 7 aromatic rings. The van der Waals surface area contributed by atoms with Crippen LogP contribution in [0, 0.1) is 45.3 Å². The number of ether oxygens (including phenoxy) is 5. The average Bonchev–Trinajstić information content (AvgIpc) is 1.38. The molecule has 13 unspecified atom stereocenters. The van der Waals surface area contributed by atoms with Crippen molar-refractivity contribution in [2.75, 3.05) is 0 Å². The van der Waals surface area contributed by atoms with E-state index in [0.717, 1.165) is 25.7 Å². The van der Waals surface area contributed by atoms with Gasteiger partial charge in [0, 0.05) is 98.9 Å². The Labute approximate surface area is 610 Å². The molecule has 0 aromatic heterocycles. The van der Waals surface area contributed by atoms with Crippen LogP contribution in [0.4, 0.5) is 0 Å². The van der Waals surface area contributed by atoms with Gasteiger partial charge in [-0.3, -0.25) is 0 Å². The molecular weight excluding hydrogens is 1310 g/mol. The van der Waals surface area contributed by atoms with Gasteiger partial charge in [0.25, 0.3) is 0 Å². The van der Waals surface area contributed by atoms with Crippen molar-refractivity contribution in [2.45, 2.75) is 221 Å². The standard InChI is InChI=1S/C88H104O16/c1-44-19-52(40-85(5,6)36-44)100-74-32-67(92)56-28-59(74)81(49-14-17-65(90)71(96)24-49)58-30-60(75(34-69(58)94)101-53-20-45(2)37-86(7,8)41-53)82(50-15-18-66(91)72(97)25-50)62-31-63-78(35-77(62)103-55-22-47(4)39-88(11,12)43-55)104-79-27-51(26-73(98)84(79)99)83(63)61-29-57(80(56)48-13-16-64(89)70(95)23-48)68(93)33-76(61)102-54-21-46(3)38-87(9,10)42-54/h13-18,23-26,28-35,44-47,52-55,79-83,89-99H,19-22,27,36-43H2,1-12H3. The fourth-order valence-electron chi connectivity index (χ4n) is 20.4. The second-order valence-corrected chi connectivity index (χ2v) is 35.7. The van der Waals surface area contributed by atoms with E-state index in [4.69, 9.17) is 23.7 Å². The van der Waals surface area contributed by atoms with Gasteiger partial charge < -0.3 is 79.9 Å². The van der Waals surface area contributed by atoms with Gasteiger partial charge in [0.15, 0.2) is 52.1 Å². The smallest absolute Gasteiger partial charge is 0.175 e. The maximum absolute atomic E-state index is 13.6. The van der Waals surface area contributed by atoms with Gasteiger partial charge in [0.2, 0.25) is 0 Å². The van der Waals surface area contributed by atoms with E-state index in [1.165, 1.54) is 36.4 Å². The van der Waals surface area contributed by atoms with Crippen LogP contribution in [-0.4, -0.2) is 86.7 Å². The van der Waals surface area contributed by atoms with E-state index in [-0.39, 0.29) is 127 Å². The lowest BCUT2D eigenvalue weighted by Crippen LogP contribution is -2.35. The summed E-state index contributed by atoms with van der Waals surface area (Å²) in [5.41, 5.74) is 4.19. The van der Waals surface area contributed by atoms with Crippen molar-refractivity contribution in [1.29, 1.82) is 0 Å². The number of hydrogen-bond donors (Lipinski definition) is 11. The molecule has 0 spiro atoms. The van der Waals surface area contributed by atoms with Gasteiger partial charge in [-0.1, -0.05) is 107 Å². The van der Waals surface area contributed by atoms with Crippen LogP contribution in [0.2, 0.25) is 0 Å². The molecule has 1 heterocycles. The lowest BCUT2D eigenvalue weighted by atomic mass is 9.71. The highest BCUT2D eigenvalue weighted by Crippen LogP contribution is 2.59. The molecule has 16 nitrogen and oxygen atoms in total. The van der Waals surface area contributed by atoms with E-state index >= 15 is 0 Å². The summed E-state index contributed by atoms with van der Waals surface area (Å²) in [6.07, 6.45) is 8.19. The number of phenols is 9. The first-order valence-corrected chi connectivity index (χ1v) is 37.5. The van der Waals surface area contributed by atoms with Gasteiger partial charge in [0.1, 0.15) is 46.0 Å². The molecule has 0 amide bonds. The molecule has 552 valence electrons. The zero-order valence-corrected chi connectivity index (χ0v) is 62.1. The van der Waals surface area contributed by atoms with E-state index in [1.807, 2.05) is 24.3 Å². The fraction of sp³-hybridized carbons (Fsp3) is 0.477. The molecule has 0 radical (unpaired) electrons. The number of phenolic OH excluding ortho intramolecular Hbond substituents is 9. The molecule has 11 N–H and O–H groups in total. The van der Waals surface area contributed by atoms with Gasteiger partial charge in [-0.2, -0.15) is 0 Å². The van der Waals surface area contributed by atoms with Crippen LogP contribution < -0.4 is 23.7 Å². The third-order valence-corrected chi connectivity index (χ3v) is 23.6. The first-order chi connectivity index (χ1) is 49.0. The number of allylic oxidation sites excluding steroid dienone is 1. The van der Waals surface area contributed by atoms with E-state index < -0.39 is 70.4 Å². The minimum atomic E-state index is -1.24. The second kappa shape index (κ2) is 26.8. The Morgan fingerprint density at radius 3 is 0.942 bits per heavy atom. The number of hydrogen-bond acceptors (Lipinski definition) is 16. The summed E-state index contributed by atoms with van der Waals surface area (Å²) < 4.78 is 37.2. The number of rotatable bonds is 11. The van der Waals surface area contributed by atoms with Gasteiger partial charge in [-0.05, 0) is 206 Å². The molecule has 104 heavy (non-hydrogen) atoms. The van der Waals surface area contributed by atoms with Crippen LogP contribution in [0.25, 0.3) is 0 Å². The van der Waals surface area contributed by atoms with Crippen LogP contribution >= 0.6 is 0 Å². The number of aliphatic hydroxyl groups is 2. The Hall–Kier alpha value is -9.18. The number of aliphatic hydroxyl groups excluding tert-OH is 2. The Bertz CT molecular complexity index is 4560. The molecule has 7 aliphatic rings. The average molecular weight is 1420 g/mol. The van der Waals surface area contributed by atoms with Gasteiger partial charge in [0.05, 0.1) is 24.4 Å². The lowest BCUT2D eigenvalue weighted by Gasteiger charge is -2.40. The number of aromatic hydroxyl groups is 9. The summed E-state index contributed by atoms with van der Waals surface area (Å²) in [4.78, 5) is 0. The summed E-state index contributed by atoms with van der Waals surface area (Å²) in [6.45, 7) is 26.7. The summed E-state index contributed by atoms with van der Waals surface area (Å²) >= 11 is 0. The molecule has 4 saturated carbocycles. The molecule has 14 rings (SSSR count). The Kier molecular flexibility index (Phi) is 18.5. The van der Waals surface area contributed by atoms with Crippen LogP contribution in [0.15, 0.2) is 126 Å². The van der Waals surface area contributed by atoms with E-state index in [0.29, 0.717) is 119 Å². The monoisotopic (exact) mass is 1420 g/mol. The van der Waals surface area contributed by atoms with Gasteiger partial charge in [-0.15, -0.1) is 0 Å². The maximum Gasteiger partial charge on any atom is 0.175 e. The highest BCUT2D eigenvalue weighted by Gasteiger charge is 2.45. The molecule has 6 aliphatic carbocycles. The molecular formula is C88H104O16. The Morgan fingerprint density at radius 1 is 0.317 bits per heavy atom. The predicted octanol–water partition coefficient (Wildman–Crippen LogP) is 19.8. The Balaban J connectivity index is 1.17. The molecule has 4 fully saturated rings. The topological polar surface area (TPSA) is 269 Å². The molecule has 0 saturated heterocycles. The summed E-state index contributed by atoms with van der Waals surface area (Å²) in [5, 5.41) is 134. The SMILES string of the molecule is CC1CC(Oc2cc(O)c3cc2C2C4=CC(O)=C(O)C(C4)Oc4cc(OC5CC(C)CC(C)(C)C5)c(cc42)C(c2ccc(O)c(O)c2)c2cc(c(O)cc2OC2CC(C)CC(C)(C)C2)C(c2ccc(O)c(O)c2)c2cc(c(O)cc2OC2CC(C)CC(C)(C)C2)C3c2ccc(O)c(O)c2)CC(C)(C)C1. The van der Waals surface area contributed by atoms with E-state index in [9.17, 15) is 56.2 Å². The van der Waals surface area contributed by atoms with Crippen LogP contribution in [0.5, 0.6) is 80.5 Å². The number of fused-ring (bicyclic) bond motifs is 11. The molecule has 13 atom stereocenters. The van der Waals surface area contributed by atoms with Crippen molar-refractivity contribution >= 4 is 0 Å². The molecule has 10 bridgehead atoms. The van der Waals surface area contributed by atoms with Crippen molar-refractivity contribution in [3.05, 3.63) is 187 Å². The van der Waals surface area contributed by atoms with Crippen LogP contribution in [0.3, 0.4) is 0 Å². The highest BCUT2D eigenvalue weighted by molar-refractivity contribution is 5.70. The second-order valence-electron chi connectivity index (χ2n) is 35.7. The van der Waals surface area contributed by atoms with E-state index in [2.05, 4.69) is 83.1 Å². The third-order valence-electron chi connectivity index (χ3n) is 23.6. The lowest BCUT2D eigenvalue weighted by molar-refractivity contribution is 0.0544. The first-order valence-electron chi connectivity index (χ1n) is 37.5. The highest BCUT2D eigenvalue weighted by atomic mass is 16.5. The molecule has 7 aromatic carbocycles. The van der Waals surface area contributed by atoms with Crippen LogP contribution in [-0.2, 0) is 0 Å². The molecule has 16 heteroatoms. The summed E-state index contributed by atoms with van der Waals surface area (Å²) in [7, 11) is 0. The molecule has 1 aliphatic heterocycles. The van der Waals surface area contributed by atoms with Crippen molar-refractivity contribution in [2.24, 2.45) is 45.3 Å². The van der Waals surface area contributed by atoms with Crippen molar-refractivity contribution in [3.63, 3.8) is 0 Å². The quantitative estimate of drug-likeness (QED) is 0.0538. The van der Waals surface area contributed by atoms with E-state index in [1.54, 1.807) is 48.5 Å². The summed E-state index contributed by atoms with van der Waals surface area (Å²) in [6, 6.07) is 27.7. The van der Waals surface area contributed by atoms with Crippen molar-refractivity contribution in [1.82, 2.24) is 0 Å². The zero-order valence-electron chi connectivity index (χ0n) is 62.1. The normalized spacial score (nSPS) is 28.0. The zero-order chi connectivity index (χ0) is 74.1. The van der Waals surface area contributed by atoms with Crippen LogP contribution in [0.1, 0.15) is 251 Å². The minimum Gasteiger partial charge on any atom is -0.507 e. The predicted molar refractivity (Wildman–Crippen MR) is 399 cm³/mol. The largest absolute Gasteiger partial charge is 0.507 e. The first kappa shape index (κ1) is 71.8. The van der Waals surface area contributed by atoms with Crippen molar-refractivity contribution in [3.8, 4) is 80.5 Å². The van der Waals surface area contributed by atoms with Gasteiger partial charge in [-0.25, -0.2) is 0 Å². The number of benzene rings is 7. The van der Waals surface area contributed by atoms with Gasteiger partial charge >= 0.3 is 0 Å². The summed E-state index contributed by atoms with van der Waals surface area (Å²) in [5.74, 6) is -6.10. The third kappa shape index (κ3) is 14.3.